The summed E-state index contributed by atoms with van der Waals surface area (Å²) in [5.41, 5.74) is 3.29. The SMILES string of the molecule is CCOc1ccc(-c2c(C)sc3nc(Cl)nc(N(C)c4ccccc4)c23)cc1. The molecule has 0 aliphatic carbocycles. The number of benzene rings is 2. The lowest BCUT2D eigenvalue weighted by Crippen LogP contribution is -2.12. The molecule has 0 amide bonds. The maximum atomic E-state index is 6.26. The van der Waals surface area contributed by atoms with Crippen molar-refractivity contribution in [2.45, 2.75) is 13.8 Å². The highest BCUT2D eigenvalue weighted by molar-refractivity contribution is 7.19. The average Bonchev–Trinajstić information content (AvgIpc) is 3.04. The second kappa shape index (κ2) is 7.78. The number of para-hydroxylation sites is 1. The number of halogens is 1. The maximum absolute atomic E-state index is 6.26. The van der Waals surface area contributed by atoms with Crippen molar-refractivity contribution in [3.05, 3.63) is 64.8 Å². The zero-order valence-corrected chi connectivity index (χ0v) is 17.5. The van der Waals surface area contributed by atoms with E-state index in [9.17, 15) is 0 Å². The normalized spacial score (nSPS) is 11.0. The summed E-state index contributed by atoms with van der Waals surface area (Å²) < 4.78 is 5.58. The van der Waals surface area contributed by atoms with E-state index in [-0.39, 0.29) is 5.28 Å². The smallest absolute Gasteiger partial charge is 0.225 e. The van der Waals surface area contributed by atoms with Gasteiger partial charge in [0, 0.05) is 23.2 Å². The van der Waals surface area contributed by atoms with E-state index >= 15 is 0 Å². The highest BCUT2D eigenvalue weighted by Gasteiger charge is 2.21. The molecule has 0 saturated carbocycles. The van der Waals surface area contributed by atoms with Crippen LogP contribution >= 0.6 is 22.9 Å². The van der Waals surface area contributed by atoms with Gasteiger partial charge in [-0.1, -0.05) is 30.3 Å². The number of hydrogen-bond donors (Lipinski definition) is 0. The summed E-state index contributed by atoms with van der Waals surface area (Å²) >= 11 is 7.90. The van der Waals surface area contributed by atoms with Crippen molar-refractivity contribution in [1.82, 2.24) is 9.97 Å². The van der Waals surface area contributed by atoms with Gasteiger partial charge in [0.2, 0.25) is 5.28 Å². The van der Waals surface area contributed by atoms with Crippen molar-refractivity contribution >= 4 is 44.7 Å². The number of aryl methyl sites for hydroxylation is 1. The van der Waals surface area contributed by atoms with E-state index in [1.165, 1.54) is 4.88 Å². The van der Waals surface area contributed by atoms with Gasteiger partial charge in [0.15, 0.2) is 0 Å². The van der Waals surface area contributed by atoms with Crippen LogP contribution in [0.5, 0.6) is 5.75 Å². The first-order valence-electron chi connectivity index (χ1n) is 9.07. The molecule has 0 atom stereocenters. The number of fused-ring (bicyclic) bond motifs is 1. The standard InChI is InChI=1S/C22H20ClN3OS/c1-4-27-17-12-10-15(11-13-17)18-14(2)28-21-19(18)20(24-22(23)25-21)26(3)16-8-6-5-7-9-16/h5-13H,4H2,1-3H3. The number of nitrogens with zero attached hydrogens (tertiary/aromatic N) is 3. The fourth-order valence-corrected chi connectivity index (χ4v) is 4.57. The molecule has 0 bridgehead atoms. The number of ether oxygens (including phenoxy) is 1. The van der Waals surface area contributed by atoms with E-state index in [2.05, 4.69) is 46.1 Å². The first kappa shape index (κ1) is 18.7. The molecule has 0 saturated heterocycles. The van der Waals surface area contributed by atoms with Gasteiger partial charge >= 0.3 is 0 Å². The van der Waals surface area contributed by atoms with Crippen molar-refractivity contribution in [3.8, 4) is 16.9 Å². The molecule has 2 aromatic heterocycles. The number of rotatable bonds is 5. The fourth-order valence-electron chi connectivity index (χ4n) is 3.32. The number of anilines is 2. The molecule has 6 heteroatoms. The molecule has 0 aliphatic heterocycles. The quantitative estimate of drug-likeness (QED) is 0.353. The number of aromatic nitrogens is 2. The minimum Gasteiger partial charge on any atom is -0.494 e. The van der Waals surface area contributed by atoms with E-state index in [0.717, 1.165) is 38.6 Å². The van der Waals surface area contributed by atoms with Gasteiger partial charge in [-0.05, 0) is 55.3 Å². The Morgan fingerprint density at radius 2 is 1.75 bits per heavy atom. The van der Waals surface area contributed by atoms with Crippen LogP contribution in [0.3, 0.4) is 0 Å². The average molecular weight is 410 g/mol. The molecule has 4 aromatic rings. The summed E-state index contributed by atoms with van der Waals surface area (Å²) in [5.74, 6) is 1.67. The zero-order chi connectivity index (χ0) is 19.7. The van der Waals surface area contributed by atoms with Crippen LogP contribution in [0.2, 0.25) is 5.28 Å². The summed E-state index contributed by atoms with van der Waals surface area (Å²) in [5, 5.41) is 1.27. The van der Waals surface area contributed by atoms with Crippen molar-refractivity contribution in [2.75, 3.05) is 18.6 Å². The monoisotopic (exact) mass is 409 g/mol. The Bertz CT molecular complexity index is 1110. The zero-order valence-electron chi connectivity index (χ0n) is 15.9. The Morgan fingerprint density at radius 1 is 1.04 bits per heavy atom. The van der Waals surface area contributed by atoms with Crippen LogP contribution < -0.4 is 9.64 Å². The van der Waals surface area contributed by atoms with Crippen molar-refractivity contribution in [3.63, 3.8) is 0 Å². The van der Waals surface area contributed by atoms with Crippen molar-refractivity contribution < 1.29 is 4.74 Å². The van der Waals surface area contributed by atoms with E-state index in [1.54, 1.807) is 11.3 Å². The summed E-state index contributed by atoms with van der Waals surface area (Å²) in [6, 6.07) is 18.3. The van der Waals surface area contributed by atoms with Crippen molar-refractivity contribution in [2.24, 2.45) is 0 Å². The van der Waals surface area contributed by atoms with Gasteiger partial charge in [0.25, 0.3) is 0 Å². The Morgan fingerprint density at radius 3 is 2.43 bits per heavy atom. The third-order valence-electron chi connectivity index (χ3n) is 4.60. The van der Waals surface area contributed by atoms with Crippen LogP contribution in [0.15, 0.2) is 54.6 Å². The van der Waals surface area contributed by atoms with Crippen LogP contribution in [0, 0.1) is 6.92 Å². The summed E-state index contributed by atoms with van der Waals surface area (Å²) in [7, 11) is 2.00. The highest BCUT2D eigenvalue weighted by atomic mass is 35.5. The Labute approximate surface area is 173 Å². The molecule has 2 heterocycles. The third-order valence-corrected chi connectivity index (χ3v) is 5.76. The first-order valence-corrected chi connectivity index (χ1v) is 10.3. The van der Waals surface area contributed by atoms with Gasteiger partial charge in [-0.25, -0.2) is 4.98 Å². The molecule has 142 valence electrons. The molecular formula is C22H20ClN3OS. The van der Waals surface area contributed by atoms with Gasteiger partial charge in [0.1, 0.15) is 16.4 Å². The highest BCUT2D eigenvalue weighted by Crippen LogP contribution is 2.43. The van der Waals surface area contributed by atoms with Gasteiger partial charge in [-0.15, -0.1) is 11.3 Å². The Hall–Kier alpha value is -2.63. The van der Waals surface area contributed by atoms with Gasteiger partial charge in [-0.2, -0.15) is 4.98 Å². The summed E-state index contributed by atoms with van der Waals surface area (Å²) in [4.78, 5) is 13.2. The summed E-state index contributed by atoms with van der Waals surface area (Å²) in [6.45, 7) is 4.74. The molecule has 0 fully saturated rings. The molecular weight excluding hydrogens is 390 g/mol. The van der Waals surface area contributed by atoms with Gasteiger partial charge in [0.05, 0.1) is 12.0 Å². The van der Waals surface area contributed by atoms with Crippen molar-refractivity contribution in [1.29, 1.82) is 0 Å². The van der Waals surface area contributed by atoms with Crippen LogP contribution in [-0.2, 0) is 0 Å². The van der Waals surface area contributed by atoms with E-state index in [4.69, 9.17) is 16.3 Å². The topological polar surface area (TPSA) is 38.3 Å². The predicted molar refractivity (Wildman–Crippen MR) is 118 cm³/mol. The Kier molecular flexibility index (Phi) is 5.20. The first-order chi connectivity index (χ1) is 13.6. The summed E-state index contributed by atoms with van der Waals surface area (Å²) in [6.07, 6.45) is 0. The lowest BCUT2D eigenvalue weighted by atomic mass is 10.0. The molecule has 2 aromatic carbocycles. The molecule has 0 spiro atoms. The predicted octanol–water partition coefficient (Wildman–Crippen LogP) is 6.49. The van der Waals surface area contributed by atoms with Gasteiger partial charge in [-0.3, -0.25) is 0 Å². The molecule has 0 aliphatic rings. The number of thiophene rings is 1. The molecule has 0 unspecified atom stereocenters. The van der Waals surface area contributed by atoms with Crippen LogP contribution in [0.1, 0.15) is 11.8 Å². The Balaban J connectivity index is 1.91. The van der Waals surface area contributed by atoms with E-state index in [0.29, 0.717) is 6.61 Å². The van der Waals surface area contributed by atoms with Gasteiger partial charge < -0.3 is 9.64 Å². The van der Waals surface area contributed by atoms with E-state index in [1.807, 2.05) is 44.3 Å². The number of hydrogen-bond acceptors (Lipinski definition) is 5. The minimum atomic E-state index is 0.254. The molecule has 4 nitrogen and oxygen atoms in total. The molecule has 4 rings (SSSR count). The third kappa shape index (κ3) is 3.43. The van der Waals surface area contributed by atoms with Crippen LogP contribution in [0.4, 0.5) is 11.5 Å². The fraction of sp³-hybridized carbons (Fsp3) is 0.182. The van der Waals surface area contributed by atoms with E-state index < -0.39 is 0 Å². The maximum Gasteiger partial charge on any atom is 0.225 e. The lowest BCUT2D eigenvalue weighted by Gasteiger charge is -2.20. The molecule has 0 N–H and O–H groups in total. The second-order valence-corrected chi connectivity index (χ2v) is 7.92. The minimum absolute atomic E-state index is 0.254. The van der Waals surface area contributed by atoms with Crippen LogP contribution in [-0.4, -0.2) is 23.6 Å². The second-order valence-electron chi connectivity index (χ2n) is 6.38. The molecule has 0 radical (unpaired) electrons. The lowest BCUT2D eigenvalue weighted by molar-refractivity contribution is 0.340. The molecule has 28 heavy (non-hydrogen) atoms. The largest absolute Gasteiger partial charge is 0.494 e. The van der Waals surface area contributed by atoms with Crippen LogP contribution in [0.25, 0.3) is 21.3 Å².